The molecule has 5 nitrogen and oxygen atoms in total. The fourth-order valence-electron chi connectivity index (χ4n) is 2.49. The number of halogens is 1. The largest absolute Gasteiger partial charge is 0.412 e. The Hall–Kier alpha value is -0.0231. The van der Waals surface area contributed by atoms with E-state index in [9.17, 15) is 12.8 Å². The first-order valence-electron chi connectivity index (χ1n) is 8.88. The van der Waals surface area contributed by atoms with Crippen molar-refractivity contribution in [3.05, 3.63) is 0 Å². The van der Waals surface area contributed by atoms with Gasteiger partial charge < -0.3 is 4.43 Å². The van der Waals surface area contributed by atoms with Crippen molar-refractivity contribution in [2.75, 3.05) is 6.61 Å². The average molecular weight is 384 g/mol. The Morgan fingerprint density at radius 2 is 1.96 bits per heavy atom. The van der Waals surface area contributed by atoms with Crippen molar-refractivity contribution < 1.29 is 21.4 Å². The van der Waals surface area contributed by atoms with Crippen molar-refractivity contribution in [3.63, 3.8) is 0 Å². The lowest BCUT2D eigenvalue weighted by atomic mass is 10.00. The predicted octanol–water partition coefficient (Wildman–Crippen LogP) is 3.92. The lowest BCUT2D eigenvalue weighted by Crippen LogP contribution is -2.54. The van der Waals surface area contributed by atoms with Crippen molar-refractivity contribution in [1.82, 2.24) is 4.72 Å². The third-order valence-corrected chi connectivity index (χ3v) is 10.6. The van der Waals surface area contributed by atoms with E-state index in [1.165, 1.54) is 0 Å². The van der Waals surface area contributed by atoms with E-state index in [1.807, 2.05) is 0 Å². The highest BCUT2D eigenvalue weighted by Gasteiger charge is 2.44. The summed E-state index contributed by atoms with van der Waals surface area (Å²) >= 11 is 0. The second-order valence-electron chi connectivity index (χ2n) is 8.14. The molecule has 1 aliphatic rings. The van der Waals surface area contributed by atoms with E-state index >= 15 is 0 Å². The van der Waals surface area contributed by atoms with Gasteiger partial charge in [-0.05, 0) is 31.0 Å². The molecule has 0 amide bonds. The molecule has 3 atom stereocenters. The fourth-order valence-corrected chi connectivity index (χ4v) is 4.88. The van der Waals surface area contributed by atoms with Crippen LogP contribution in [-0.2, 0) is 18.9 Å². The van der Waals surface area contributed by atoms with Gasteiger partial charge in [0, 0.05) is 0 Å². The zero-order valence-electron chi connectivity index (χ0n) is 15.9. The summed E-state index contributed by atoms with van der Waals surface area (Å²) < 4.78 is 52.2. The maximum Gasteiger partial charge on any atom is 0.336 e. The minimum atomic E-state index is -3.92. The average Bonchev–Trinajstić information content (AvgIpc) is 2.56. The van der Waals surface area contributed by atoms with Gasteiger partial charge in [-0.3, -0.25) is 4.18 Å². The van der Waals surface area contributed by atoms with Crippen LogP contribution in [0.15, 0.2) is 0 Å². The molecule has 0 aromatic carbocycles. The van der Waals surface area contributed by atoms with Crippen LogP contribution in [0.1, 0.15) is 59.8 Å². The standard InChI is InChI=1S/C16H34FNO4SSi/c1-7-8-9-10-13(17)15-14(11-12-21-23(19,20)18-15)22-24(5,6)16(2,3)4/h13-15,18H,7-12H2,1-6H3/t13-,14+,15+/m0/s1. The molecule has 8 heteroatoms. The van der Waals surface area contributed by atoms with Gasteiger partial charge in [0.05, 0.1) is 18.8 Å². The molecule has 24 heavy (non-hydrogen) atoms. The van der Waals surface area contributed by atoms with Gasteiger partial charge in [-0.1, -0.05) is 47.0 Å². The van der Waals surface area contributed by atoms with Crippen LogP contribution >= 0.6 is 0 Å². The molecular weight excluding hydrogens is 349 g/mol. The number of rotatable bonds is 7. The molecular formula is C16H34FNO4SSi. The third-order valence-electron chi connectivity index (χ3n) is 5.05. The van der Waals surface area contributed by atoms with E-state index in [4.69, 9.17) is 8.61 Å². The minimum Gasteiger partial charge on any atom is -0.412 e. The summed E-state index contributed by atoms with van der Waals surface area (Å²) in [5.41, 5.74) is 0. The van der Waals surface area contributed by atoms with Crippen LogP contribution in [0, 0.1) is 0 Å². The smallest absolute Gasteiger partial charge is 0.336 e. The topological polar surface area (TPSA) is 64.6 Å². The Morgan fingerprint density at radius 3 is 2.50 bits per heavy atom. The van der Waals surface area contributed by atoms with Gasteiger partial charge in [-0.2, -0.15) is 13.1 Å². The summed E-state index contributed by atoms with van der Waals surface area (Å²) in [4.78, 5) is 0. The molecule has 0 saturated carbocycles. The van der Waals surface area contributed by atoms with Crippen LogP contribution < -0.4 is 4.72 Å². The molecule has 1 aliphatic heterocycles. The summed E-state index contributed by atoms with van der Waals surface area (Å²) in [5, 5.41) is -0.0302. The molecule has 0 aromatic heterocycles. The maximum atomic E-state index is 14.8. The SMILES string of the molecule is CCCCC[C@H](F)[C@H]1NS(=O)(=O)OCC[C@H]1O[Si](C)(C)C(C)(C)C. The van der Waals surface area contributed by atoms with Gasteiger partial charge >= 0.3 is 10.3 Å². The number of alkyl halides is 1. The van der Waals surface area contributed by atoms with Crippen molar-refractivity contribution in [1.29, 1.82) is 0 Å². The molecule has 1 fully saturated rings. The van der Waals surface area contributed by atoms with Crippen molar-refractivity contribution >= 4 is 18.6 Å². The number of nitrogens with one attached hydrogen (secondary N) is 1. The number of unbranched alkanes of at least 4 members (excludes halogenated alkanes) is 2. The second kappa shape index (κ2) is 8.57. The highest BCUT2D eigenvalue weighted by Crippen LogP contribution is 2.38. The van der Waals surface area contributed by atoms with Gasteiger partial charge in [0.2, 0.25) is 0 Å². The van der Waals surface area contributed by atoms with Gasteiger partial charge in [0.25, 0.3) is 0 Å². The van der Waals surface area contributed by atoms with Crippen molar-refractivity contribution in [2.45, 2.75) is 96.2 Å². The Morgan fingerprint density at radius 1 is 1.33 bits per heavy atom. The van der Waals surface area contributed by atoms with Crippen LogP contribution in [0.25, 0.3) is 0 Å². The Kier molecular flexibility index (Phi) is 7.87. The van der Waals surface area contributed by atoms with Crippen LogP contribution in [0.3, 0.4) is 0 Å². The van der Waals surface area contributed by atoms with Crippen molar-refractivity contribution in [2.24, 2.45) is 0 Å². The monoisotopic (exact) mass is 383 g/mol. The zero-order valence-corrected chi connectivity index (χ0v) is 17.7. The Balaban J connectivity index is 2.95. The van der Waals surface area contributed by atoms with E-state index in [0.717, 1.165) is 19.3 Å². The van der Waals surface area contributed by atoms with Gasteiger partial charge in [-0.15, -0.1) is 0 Å². The molecule has 0 radical (unpaired) electrons. The highest BCUT2D eigenvalue weighted by molar-refractivity contribution is 7.84. The van der Waals surface area contributed by atoms with Crippen LogP contribution in [0.5, 0.6) is 0 Å². The first-order valence-corrected chi connectivity index (χ1v) is 13.2. The highest BCUT2D eigenvalue weighted by atomic mass is 32.2. The second-order valence-corrected chi connectivity index (χ2v) is 14.3. The maximum absolute atomic E-state index is 14.8. The van der Waals surface area contributed by atoms with E-state index in [1.54, 1.807) is 0 Å². The number of hydrogen-bond donors (Lipinski definition) is 1. The predicted molar refractivity (Wildman–Crippen MR) is 97.5 cm³/mol. The Bertz CT molecular complexity index is 493. The van der Waals surface area contributed by atoms with E-state index in [-0.39, 0.29) is 11.6 Å². The molecule has 0 aromatic rings. The summed E-state index contributed by atoms with van der Waals surface area (Å²) in [7, 11) is -6.07. The third kappa shape index (κ3) is 6.37. The lowest BCUT2D eigenvalue weighted by molar-refractivity contribution is 0.0872. The summed E-state index contributed by atoms with van der Waals surface area (Å²) in [5.74, 6) is 0. The quantitative estimate of drug-likeness (QED) is 0.534. The molecule has 1 rings (SSSR count). The molecule has 0 unspecified atom stereocenters. The molecule has 144 valence electrons. The van der Waals surface area contributed by atoms with E-state index in [2.05, 4.69) is 45.5 Å². The lowest BCUT2D eigenvalue weighted by Gasteiger charge is -2.41. The summed E-state index contributed by atoms with van der Waals surface area (Å²) in [6.07, 6.45) is 1.60. The minimum absolute atomic E-state index is 0.0206. The molecule has 0 spiro atoms. The molecule has 0 bridgehead atoms. The molecule has 1 saturated heterocycles. The summed E-state index contributed by atoms with van der Waals surface area (Å²) in [6, 6.07) is -0.886. The normalized spacial score (nSPS) is 26.8. The van der Waals surface area contributed by atoms with Gasteiger partial charge in [0.1, 0.15) is 6.17 Å². The van der Waals surface area contributed by atoms with Gasteiger partial charge in [0.15, 0.2) is 8.32 Å². The van der Waals surface area contributed by atoms with E-state index < -0.39 is 36.9 Å². The first kappa shape index (κ1) is 22.0. The molecule has 0 aliphatic carbocycles. The summed E-state index contributed by atoms with van der Waals surface area (Å²) in [6.45, 7) is 12.6. The molecule has 1 heterocycles. The zero-order chi connectivity index (χ0) is 18.6. The van der Waals surface area contributed by atoms with Crippen LogP contribution in [0.4, 0.5) is 4.39 Å². The van der Waals surface area contributed by atoms with Crippen LogP contribution in [-0.4, -0.2) is 41.7 Å². The van der Waals surface area contributed by atoms with Gasteiger partial charge in [-0.25, -0.2) is 4.39 Å². The van der Waals surface area contributed by atoms with Crippen LogP contribution in [0.2, 0.25) is 18.1 Å². The van der Waals surface area contributed by atoms with Crippen molar-refractivity contribution in [3.8, 4) is 0 Å². The first-order chi connectivity index (χ1) is 10.9. The van der Waals surface area contributed by atoms with E-state index in [0.29, 0.717) is 12.8 Å². The number of hydrogen-bond acceptors (Lipinski definition) is 4. The Labute approximate surface area is 148 Å². The fraction of sp³-hybridized carbons (Fsp3) is 1.00. The molecule has 1 N–H and O–H groups in total.